The van der Waals surface area contributed by atoms with Gasteiger partial charge in [0.15, 0.2) is 5.11 Å². The van der Waals surface area contributed by atoms with Crippen molar-refractivity contribution in [3.63, 3.8) is 0 Å². The molecule has 7 heteroatoms. The Kier molecular flexibility index (Phi) is 3.89. The fourth-order valence-electron chi connectivity index (χ4n) is 6.29. The largest absolute Gasteiger partial charge is 0.332 e. The highest BCUT2D eigenvalue weighted by Gasteiger charge is 2.51. The number of thiocarbonyl (C=S) groups is 1. The number of nitrogens with one attached hydrogen (secondary N) is 4. The molecule has 1 aromatic carbocycles. The van der Waals surface area contributed by atoms with E-state index in [0.29, 0.717) is 17.0 Å². The van der Waals surface area contributed by atoms with Gasteiger partial charge in [0, 0.05) is 12.1 Å². The summed E-state index contributed by atoms with van der Waals surface area (Å²) in [4.78, 5) is 29.4. The maximum absolute atomic E-state index is 12.7. The van der Waals surface area contributed by atoms with Crippen LogP contribution in [0.2, 0.25) is 0 Å². The lowest BCUT2D eigenvalue weighted by molar-refractivity contribution is -0.127. The molecule has 1 heterocycles. The number of imidazole rings is 1. The molecule has 0 radical (unpaired) electrons. The van der Waals surface area contributed by atoms with Crippen LogP contribution in [-0.2, 0) is 4.79 Å². The zero-order valence-electron chi connectivity index (χ0n) is 15.1. The zero-order valence-corrected chi connectivity index (χ0v) is 16.0. The van der Waals surface area contributed by atoms with Crippen molar-refractivity contribution < 1.29 is 4.79 Å². The third-order valence-electron chi connectivity index (χ3n) is 6.73. The summed E-state index contributed by atoms with van der Waals surface area (Å²) in [6.07, 6.45) is 8.36. The summed E-state index contributed by atoms with van der Waals surface area (Å²) in [6.45, 7) is 0. The molecule has 4 aliphatic carbocycles. The molecule has 0 aliphatic heterocycles. The molecule has 0 spiro atoms. The van der Waals surface area contributed by atoms with Crippen molar-refractivity contribution in [3.8, 4) is 0 Å². The molecule has 1 amide bonds. The lowest BCUT2D eigenvalue weighted by Crippen LogP contribution is -2.48. The quantitative estimate of drug-likeness (QED) is 0.612. The van der Waals surface area contributed by atoms with Gasteiger partial charge < -0.3 is 20.6 Å². The molecular weight excluding hydrogens is 360 g/mol. The Morgan fingerprint density at radius 3 is 2.37 bits per heavy atom. The Hall–Kier alpha value is -2.15. The van der Waals surface area contributed by atoms with Crippen LogP contribution in [0.3, 0.4) is 0 Å². The van der Waals surface area contributed by atoms with E-state index in [-0.39, 0.29) is 17.0 Å². The van der Waals surface area contributed by atoms with Crippen LogP contribution in [0, 0.1) is 23.2 Å². The van der Waals surface area contributed by atoms with E-state index in [1.54, 1.807) is 12.1 Å². The first-order valence-electron chi connectivity index (χ1n) is 9.79. The molecule has 6 rings (SSSR count). The molecule has 4 fully saturated rings. The van der Waals surface area contributed by atoms with Crippen molar-refractivity contribution in [3.05, 3.63) is 28.7 Å². The third-order valence-corrected chi connectivity index (χ3v) is 6.93. The van der Waals surface area contributed by atoms with Gasteiger partial charge in [-0.2, -0.15) is 0 Å². The first-order chi connectivity index (χ1) is 13.0. The van der Waals surface area contributed by atoms with E-state index in [1.165, 1.54) is 38.5 Å². The van der Waals surface area contributed by atoms with Crippen LogP contribution in [0.4, 0.5) is 5.69 Å². The summed E-state index contributed by atoms with van der Waals surface area (Å²) < 4.78 is 0. The molecule has 4 bridgehead atoms. The topological polar surface area (TPSA) is 89.8 Å². The maximum atomic E-state index is 12.7. The number of carbonyl (C=O) groups is 1. The normalized spacial score (nSPS) is 31.2. The third kappa shape index (κ3) is 3.29. The van der Waals surface area contributed by atoms with Crippen LogP contribution in [0.1, 0.15) is 44.9 Å². The molecule has 6 nitrogen and oxygen atoms in total. The molecule has 1 aromatic heterocycles. The van der Waals surface area contributed by atoms with Crippen molar-refractivity contribution in [1.29, 1.82) is 0 Å². The van der Waals surface area contributed by atoms with Gasteiger partial charge in [0.2, 0.25) is 5.91 Å². The summed E-state index contributed by atoms with van der Waals surface area (Å²) >= 11 is 5.33. The lowest BCUT2D eigenvalue weighted by atomic mass is 9.49. The summed E-state index contributed by atoms with van der Waals surface area (Å²) in [5, 5.41) is 6.21. The van der Waals surface area contributed by atoms with Gasteiger partial charge in [-0.15, -0.1) is 0 Å². The number of amides is 1. The number of hydrogen-bond acceptors (Lipinski definition) is 3. The summed E-state index contributed by atoms with van der Waals surface area (Å²) in [5.74, 6) is 2.53. The van der Waals surface area contributed by atoms with Crippen LogP contribution < -0.4 is 16.3 Å². The molecule has 4 aliphatic rings. The average molecular weight is 385 g/mol. The van der Waals surface area contributed by atoms with E-state index in [9.17, 15) is 9.59 Å². The second-order valence-corrected chi connectivity index (χ2v) is 9.34. The first kappa shape index (κ1) is 17.0. The van der Waals surface area contributed by atoms with Crippen molar-refractivity contribution in [2.45, 2.75) is 44.9 Å². The van der Waals surface area contributed by atoms with Gasteiger partial charge in [-0.05, 0) is 92.1 Å². The van der Waals surface area contributed by atoms with Crippen molar-refractivity contribution in [2.75, 3.05) is 5.32 Å². The number of aromatic nitrogens is 2. The van der Waals surface area contributed by atoms with Gasteiger partial charge in [-0.25, -0.2) is 4.79 Å². The Bertz CT molecular complexity index is 940. The second kappa shape index (κ2) is 6.19. The van der Waals surface area contributed by atoms with E-state index in [4.69, 9.17) is 12.2 Å². The standard InChI is InChI=1S/C20H24N4O2S/c25-17(10-20-7-11-3-12(8-20)5-13(4-11)9-20)24-19(27)21-14-1-2-15-16(6-14)23-18(26)22-15/h1-2,6,11-13H,3-5,7-10H2,(H2,22,23,26)(H2,21,24,25,27). The van der Waals surface area contributed by atoms with Crippen molar-refractivity contribution in [2.24, 2.45) is 23.2 Å². The minimum absolute atomic E-state index is 0.0191. The highest BCUT2D eigenvalue weighted by atomic mass is 32.1. The zero-order chi connectivity index (χ0) is 18.6. The van der Waals surface area contributed by atoms with Crippen LogP contribution in [0.25, 0.3) is 11.0 Å². The predicted molar refractivity (Wildman–Crippen MR) is 109 cm³/mol. The van der Waals surface area contributed by atoms with Gasteiger partial charge in [0.1, 0.15) is 0 Å². The highest BCUT2D eigenvalue weighted by molar-refractivity contribution is 7.80. The van der Waals surface area contributed by atoms with Gasteiger partial charge in [-0.3, -0.25) is 4.79 Å². The monoisotopic (exact) mass is 384 g/mol. The Balaban J connectivity index is 1.21. The Morgan fingerprint density at radius 2 is 1.70 bits per heavy atom. The summed E-state index contributed by atoms with van der Waals surface area (Å²) in [7, 11) is 0. The van der Waals surface area contributed by atoms with Gasteiger partial charge in [-0.1, -0.05) is 0 Å². The van der Waals surface area contributed by atoms with Crippen molar-refractivity contribution >= 4 is 40.0 Å². The van der Waals surface area contributed by atoms with E-state index >= 15 is 0 Å². The van der Waals surface area contributed by atoms with Gasteiger partial charge in [0.05, 0.1) is 11.0 Å². The van der Waals surface area contributed by atoms with Crippen LogP contribution in [-0.4, -0.2) is 21.0 Å². The van der Waals surface area contributed by atoms with Crippen LogP contribution in [0.5, 0.6) is 0 Å². The van der Waals surface area contributed by atoms with Crippen LogP contribution >= 0.6 is 12.2 Å². The highest BCUT2D eigenvalue weighted by Crippen LogP contribution is 2.61. The Labute approximate surface area is 162 Å². The minimum Gasteiger partial charge on any atom is -0.332 e. The minimum atomic E-state index is -0.242. The lowest BCUT2D eigenvalue weighted by Gasteiger charge is -2.56. The van der Waals surface area contributed by atoms with E-state index < -0.39 is 0 Å². The Morgan fingerprint density at radius 1 is 1.07 bits per heavy atom. The van der Waals surface area contributed by atoms with E-state index in [1.807, 2.05) is 6.07 Å². The molecule has 4 saturated carbocycles. The number of rotatable bonds is 3. The number of fused-ring (bicyclic) bond motifs is 1. The number of carbonyl (C=O) groups excluding carboxylic acids is 1. The molecule has 0 atom stereocenters. The molecule has 2 aromatic rings. The smallest absolute Gasteiger partial charge is 0.323 e. The summed E-state index contributed by atoms with van der Waals surface area (Å²) in [6, 6.07) is 5.42. The molecule has 27 heavy (non-hydrogen) atoms. The second-order valence-electron chi connectivity index (χ2n) is 8.94. The predicted octanol–water partition coefficient (Wildman–Crippen LogP) is 3.28. The van der Waals surface area contributed by atoms with Gasteiger partial charge in [0.25, 0.3) is 0 Å². The van der Waals surface area contributed by atoms with Crippen LogP contribution in [0.15, 0.2) is 23.0 Å². The number of anilines is 1. The van der Waals surface area contributed by atoms with Crippen molar-refractivity contribution in [1.82, 2.24) is 15.3 Å². The molecule has 4 N–H and O–H groups in total. The molecule has 0 saturated heterocycles. The fraction of sp³-hybridized carbons (Fsp3) is 0.550. The van der Waals surface area contributed by atoms with E-state index in [2.05, 4.69) is 20.6 Å². The molecule has 142 valence electrons. The number of H-pyrrole nitrogens is 2. The SMILES string of the molecule is O=C(CC12CC3CC(CC(C3)C1)C2)NC(=S)Nc1ccc2[nH]c(=O)[nH]c2c1. The summed E-state index contributed by atoms with van der Waals surface area (Å²) in [5.41, 5.74) is 2.14. The maximum Gasteiger partial charge on any atom is 0.323 e. The number of hydrogen-bond donors (Lipinski definition) is 4. The van der Waals surface area contributed by atoms with E-state index in [0.717, 1.165) is 29.0 Å². The molecular formula is C20H24N4O2S. The number of benzene rings is 1. The fourth-order valence-corrected chi connectivity index (χ4v) is 6.52. The number of aromatic amines is 2. The molecule has 0 unspecified atom stereocenters. The van der Waals surface area contributed by atoms with Gasteiger partial charge >= 0.3 is 5.69 Å². The first-order valence-corrected chi connectivity index (χ1v) is 10.2. The average Bonchev–Trinajstić information content (AvgIpc) is 2.91.